The Kier molecular flexibility index (Phi) is 3.54. The minimum atomic E-state index is -1.19. The molecule has 18 heavy (non-hydrogen) atoms. The van der Waals surface area contributed by atoms with Gasteiger partial charge in [0, 0.05) is 13.0 Å². The van der Waals surface area contributed by atoms with E-state index in [-0.39, 0.29) is 12.1 Å². The third-order valence-corrected chi connectivity index (χ3v) is 3.20. The summed E-state index contributed by atoms with van der Waals surface area (Å²) >= 11 is 0. The highest BCUT2D eigenvalue weighted by atomic mass is 16.6. The molecule has 0 radical (unpaired) electrons. The van der Waals surface area contributed by atoms with Crippen molar-refractivity contribution in [2.75, 3.05) is 24.6 Å². The largest absolute Gasteiger partial charge is 0.478 e. The van der Waals surface area contributed by atoms with Crippen LogP contribution in [0.25, 0.3) is 0 Å². The summed E-state index contributed by atoms with van der Waals surface area (Å²) < 4.78 is 5.33. The van der Waals surface area contributed by atoms with Crippen LogP contribution in [0, 0.1) is 0 Å². The van der Waals surface area contributed by atoms with E-state index in [1.807, 2.05) is 11.8 Å². The number of morpholine rings is 1. The molecule has 1 heterocycles. The summed E-state index contributed by atoms with van der Waals surface area (Å²) in [7, 11) is 0. The zero-order valence-electron chi connectivity index (χ0n) is 10.3. The molecule has 1 aliphatic heterocycles. The van der Waals surface area contributed by atoms with E-state index < -0.39 is 11.8 Å². The number of anilines is 1. The second-order valence-corrected chi connectivity index (χ2v) is 4.39. The lowest BCUT2D eigenvalue weighted by Gasteiger charge is -2.40. The van der Waals surface area contributed by atoms with Crippen molar-refractivity contribution in [2.24, 2.45) is 0 Å². The number of para-hydroxylation sites is 1. The van der Waals surface area contributed by atoms with Gasteiger partial charge >= 0.3 is 5.97 Å². The molecule has 1 aromatic carbocycles. The van der Waals surface area contributed by atoms with Crippen molar-refractivity contribution < 1.29 is 19.7 Å². The number of benzene rings is 1. The molecule has 2 N–H and O–H groups in total. The summed E-state index contributed by atoms with van der Waals surface area (Å²) in [6, 6.07) is 6.81. The van der Waals surface area contributed by atoms with Gasteiger partial charge in [0.25, 0.3) is 0 Å². The number of aromatic carboxylic acids is 1. The van der Waals surface area contributed by atoms with Crippen molar-refractivity contribution in [3.8, 4) is 0 Å². The normalized spacial score (nSPS) is 24.0. The number of nitrogens with zero attached hydrogens (tertiary/aromatic N) is 1. The number of aliphatic hydroxyl groups is 1. The summed E-state index contributed by atoms with van der Waals surface area (Å²) in [6.45, 7) is 3.09. The Morgan fingerprint density at radius 3 is 2.89 bits per heavy atom. The lowest BCUT2D eigenvalue weighted by atomic mass is 10.1. The maximum absolute atomic E-state index is 11.2. The molecule has 1 saturated heterocycles. The standard InChI is InChI=1S/C13H17NO4/c1-2-13(17)9-14(7-8-18-13)11-6-4-3-5-10(11)12(15)16/h3-6,17H,2,7-9H2,1H3,(H,15,16). The summed E-state index contributed by atoms with van der Waals surface area (Å²) in [4.78, 5) is 13.0. The van der Waals surface area contributed by atoms with Crippen LogP contribution < -0.4 is 4.90 Å². The maximum atomic E-state index is 11.2. The van der Waals surface area contributed by atoms with Crippen LogP contribution in [0.2, 0.25) is 0 Å². The van der Waals surface area contributed by atoms with E-state index in [0.717, 1.165) is 0 Å². The summed E-state index contributed by atoms with van der Waals surface area (Å²) in [5.41, 5.74) is 0.873. The third kappa shape index (κ3) is 2.47. The summed E-state index contributed by atoms with van der Waals surface area (Å²) in [5.74, 6) is -2.15. The number of carboxylic acids is 1. The molecule has 0 aromatic heterocycles. The molecular formula is C13H17NO4. The van der Waals surface area contributed by atoms with Crippen molar-refractivity contribution in [3.05, 3.63) is 29.8 Å². The van der Waals surface area contributed by atoms with E-state index in [4.69, 9.17) is 9.84 Å². The Balaban J connectivity index is 2.29. The van der Waals surface area contributed by atoms with Gasteiger partial charge in [0.2, 0.25) is 0 Å². The van der Waals surface area contributed by atoms with Crippen molar-refractivity contribution >= 4 is 11.7 Å². The number of carboxylic acid groups (broad SMARTS) is 1. The van der Waals surface area contributed by atoms with Crippen LogP contribution in [0.3, 0.4) is 0 Å². The summed E-state index contributed by atoms with van der Waals surface area (Å²) in [6.07, 6.45) is 0.471. The van der Waals surface area contributed by atoms with Gasteiger partial charge in [-0.1, -0.05) is 19.1 Å². The monoisotopic (exact) mass is 251 g/mol. The molecule has 0 bridgehead atoms. The highest BCUT2D eigenvalue weighted by molar-refractivity contribution is 5.94. The number of β-amino-alcohol motifs (C(OH)–C–C–N with tert-alkyl or cyclic N) is 1. The fourth-order valence-corrected chi connectivity index (χ4v) is 2.12. The van der Waals surface area contributed by atoms with Crippen LogP contribution >= 0.6 is 0 Å². The van der Waals surface area contributed by atoms with Gasteiger partial charge in [-0.05, 0) is 12.1 Å². The first kappa shape index (κ1) is 12.9. The lowest BCUT2D eigenvalue weighted by molar-refractivity contribution is -0.208. The van der Waals surface area contributed by atoms with Crippen molar-refractivity contribution in [3.63, 3.8) is 0 Å². The first-order chi connectivity index (χ1) is 8.56. The Morgan fingerprint density at radius 1 is 1.50 bits per heavy atom. The van der Waals surface area contributed by atoms with E-state index in [2.05, 4.69) is 0 Å². The molecule has 1 aromatic rings. The third-order valence-electron chi connectivity index (χ3n) is 3.20. The number of carbonyl (C=O) groups is 1. The molecule has 5 heteroatoms. The van der Waals surface area contributed by atoms with Crippen LogP contribution in [0.4, 0.5) is 5.69 Å². The minimum absolute atomic E-state index is 0.248. The second kappa shape index (κ2) is 4.96. The number of hydrogen-bond acceptors (Lipinski definition) is 4. The van der Waals surface area contributed by atoms with Crippen LogP contribution in [-0.4, -0.2) is 41.7 Å². The Morgan fingerprint density at radius 2 is 2.22 bits per heavy atom. The molecule has 2 rings (SSSR count). The number of ether oxygens (including phenoxy) is 1. The minimum Gasteiger partial charge on any atom is -0.478 e. The Labute approximate surface area is 106 Å². The van der Waals surface area contributed by atoms with E-state index in [0.29, 0.717) is 25.3 Å². The Hall–Kier alpha value is -1.59. The predicted molar refractivity (Wildman–Crippen MR) is 66.8 cm³/mol. The quantitative estimate of drug-likeness (QED) is 0.848. The van der Waals surface area contributed by atoms with E-state index >= 15 is 0 Å². The van der Waals surface area contributed by atoms with Gasteiger partial charge in [0.1, 0.15) is 0 Å². The second-order valence-electron chi connectivity index (χ2n) is 4.39. The van der Waals surface area contributed by atoms with Gasteiger partial charge in [-0.25, -0.2) is 4.79 Å². The van der Waals surface area contributed by atoms with Crippen molar-refractivity contribution in [1.29, 1.82) is 0 Å². The van der Waals surface area contributed by atoms with E-state index in [1.165, 1.54) is 0 Å². The molecule has 0 saturated carbocycles. The van der Waals surface area contributed by atoms with Crippen LogP contribution in [0.5, 0.6) is 0 Å². The van der Waals surface area contributed by atoms with Gasteiger partial charge in [0.05, 0.1) is 24.4 Å². The molecule has 98 valence electrons. The fourth-order valence-electron chi connectivity index (χ4n) is 2.12. The number of rotatable bonds is 3. The number of hydrogen-bond donors (Lipinski definition) is 2. The molecule has 1 unspecified atom stereocenters. The van der Waals surface area contributed by atoms with Crippen molar-refractivity contribution in [2.45, 2.75) is 19.1 Å². The first-order valence-corrected chi connectivity index (χ1v) is 5.99. The van der Waals surface area contributed by atoms with Crippen molar-refractivity contribution in [1.82, 2.24) is 0 Å². The zero-order valence-corrected chi connectivity index (χ0v) is 10.3. The van der Waals surface area contributed by atoms with E-state index in [1.54, 1.807) is 24.3 Å². The van der Waals surface area contributed by atoms with Crippen LogP contribution in [-0.2, 0) is 4.74 Å². The molecule has 5 nitrogen and oxygen atoms in total. The van der Waals surface area contributed by atoms with Gasteiger partial charge in [-0.3, -0.25) is 0 Å². The van der Waals surface area contributed by atoms with Crippen LogP contribution in [0.1, 0.15) is 23.7 Å². The van der Waals surface area contributed by atoms with Gasteiger partial charge in [-0.15, -0.1) is 0 Å². The smallest absolute Gasteiger partial charge is 0.337 e. The fraction of sp³-hybridized carbons (Fsp3) is 0.462. The SMILES string of the molecule is CCC1(O)CN(c2ccccc2C(=O)O)CCO1. The van der Waals surface area contributed by atoms with Gasteiger partial charge in [-0.2, -0.15) is 0 Å². The summed E-state index contributed by atoms with van der Waals surface area (Å²) in [5, 5.41) is 19.3. The topological polar surface area (TPSA) is 70.0 Å². The van der Waals surface area contributed by atoms with E-state index in [9.17, 15) is 9.90 Å². The molecule has 0 spiro atoms. The molecule has 0 amide bonds. The zero-order chi connectivity index (χ0) is 13.2. The average molecular weight is 251 g/mol. The maximum Gasteiger partial charge on any atom is 0.337 e. The lowest BCUT2D eigenvalue weighted by Crippen LogP contribution is -2.52. The molecule has 0 aliphatic carbocycles. The van der Waals surface area contributed by atoms with Gasteiger partial charge < -0.3 is 19.8 Å². The van der Waals surface area contributed by atoms with Gasteiger partial charge in [0.15, 0.2) is 5.79 Å². The highest BCUT2D eigenvalue weighted by Gasteiger charge is 2.33. The average Bonchev–Trinajstić information content (AvgIpc) is 2.39. The highest BCUT2D eigenvalue weighted by Crippen LogP contribution is 2.26. The molecule has 1 aliphatic rings. The molecule has 1 fully saturated rings. The molecular weight excluding hydrogens is 234 g/mol. The van der Waals surface area contributed by atoms with Crippen LogP contribution in [0.15, 0.2) is 24.3 Å². The Bertz CT molecular complexity index is 448. The predicted octanol–water partition coefficient (Wildman–Crippen LogP) is 1.32. The molecule has 1 atom stereocenters. The first-order valence-electron chi connectivity index (χ1n) is 5.99.